The summed E-state index contributed by atoms with van der Waals surface area (Å²) >= 11 is 4.81. The third-order valence-electron chi connectivity index (χ3n) is 5.49. The van der Waals surface area contributed by atoms with E-state index in [1.54, 1.807) is 24.3 Å². The van der Waals surface area contributed by atoms with Crippen LogP contribution in [0.2, 0.25) is 0 Å². The highest BCUT2D eigenvalue weighted by atomic mass is 79.9. The molecule has 5 nitrogen and oxygen atoms in total. The van der Waals surface area contributed by atoms with Gasteiger partial charge in [0.05, 0.1) is 18.1 Å². The zero-order valence-corrected chi connectivity index (χ0v) is 20.4. The van der Waals surface area contributed by atoms with Crippen molar-refractivity contribution in [1.82, 2.24) is 4.98 Å². The number of hydrogen-bond acceptors (Lipinski definition) is 6. The lowest BCUT2D eigenvalue weighted by molar-refractivity contribution is 0.401. The Labute approximate surface area is 198 Å². The van der Waals surface area contributed by atoms with Crippen molar-refractivity contribution in [3.05, 3.63) is 69.1 Å². The maximum atomic E-state index is 13.4. The first-order valence-corrected chi connectivity index (χ1v) is 13.2. The Morgan fingerprint density at radius 3 is 2.59 bits per heavy atom. The number of hydrogen-bond donors (Lipinski definition) is 0. The number of ether oxygens (including phenoxy) is 1. The van der Waals surface area contributed by atoms with Crippen LogP contribution in [0.1, 0.15) is 24.1 Å². The predicted molar refractivity (Wildman–Crippen MR) is 124 cm³/mol. The topological polar surface area (TPSA) is 59.5 Å². The zero-order valence-electron chi connectivity index (χ0n) is 17.2. The van der Waals surface area contributed by atoms with Crippen LogP contribution in [0.4, 0.5) is 13.9 Å². The third kappa shape index (κ3) is 4.82. The molecule has 0 aliphatic carbocycles. The Bertz CT molecular complexity index is 1230. The van der Waals surface area contributed by atoms with Crippen LogP contribution in [0.5, 0.6) is 5.75 Å². The first-order valence-electron chi connectivity index (χ1n) is 9.98. The Morgan fingerprint density at radius 1 is 1.16 bits per heavy atom. The lowest BCUT2D eigenvalue weighted by Crippen LogP contribution is -2.39. The fraction of sp³-hybridized carbons (Fsp3) is 0.318. The number of nitrogens with zero attached hydrogens (tertiary/aromatic N) is 2. The molecule has 0 bridgehead atoms. The van der Waals surface area contributed by atoms with Crippen molar-refractivity contribution < 1.29 is 21.9 Å². The molecule has 0 N–H and O–H groups in total. The van der Waals surface area contributed by atoms with Gasteiger partial charge in [0.25, 0.3) is 0 Å². The summed E-state index contributed by atoms with van der Waals surface area (Å²) in [6.45, 7) is 1.14. The van der Waals surface area contributed by atoms with E-state index in [1.807, 2.05) is 5.38 Å². The molecule has 170 valence electrons. The van der Waals surface area contributed by atoms with Crippen molar-refractivity contribution in [1.29, 1.82) is 0 Å². The van der Waals surface area contributed by atoms with E-state index in [0.29, 0.717) is 48.1 Å². The van der Waals surface area contributed by atoms with Crippen LogP contribution in [0.15, 0.2) is 51.1 Å². The molecule has 2 aromatic carbocycles. The van der Waals surface area contributed by atoms with E-state index in [1.165, 1.54) is 24.5 Å². The number of methoxy groups -OCH3 is 1. The van der Waals surface area contributed by atoms with E-state index in [9.17, 15) is 17.2 Å². The van der Waals surface area contributed by atoms with Gasteiger partial charge >= 0.3 is 0 Å². The van der Waals surface area contributed by atoms with Crippen molar-refractivity contribution >= 4 is 42.2 Å². The highest BCUT2D eigenvalue weighted by Crippen LogP contribution is 2.34. The molecule has 3 aromatic rings. The van der Waals surface area contributed by atoms with Crippen molar-refractivity contribution in [2.24, 2.45) is 0 Å². The largest absolute Gasteiger partial charge is 0.495 e. The van der Waals surface area contributed by atoms with Crippen molar-refractivity contribution in [3.8, 4) is 5.75 Å². The van der Waals surface area contributed by atoms with Crippen molar-refractivity contribution in [3.63, 3.8) is 0 Å². The number of rotatable bonds is 6. The van der Waals surface area contributed by atoms with Crippen LogP contribution in [-0.4, -0.2) is 38.9 Å². The summed E-state index contributed by atoms with van der Waals surface area (Å²) in [5.41, 5.74) is 1.41. The van der Waals surface area contributed by atoms with E-state index in [-0.39, 0.29) is 4.90 Å². The van der Waals surface area contributed by atoms with Gasteiger partial charge in [0.1, 0.15) is 10.6 Å². The van der Waals surface area contributed by atoms with Gasteiger partial charge in [0, 0.05) is 29.4 Å². The first-order chi connectivity index (χ1) is 15.3. The van der Waals surface area contributed by atoms with E-state index in [4.69, 9.17) is 4.74 Å². The minimum absolute atomic E-state index is 0.205. The van der Waals surface area contributed by atoms with Gasteiger partial charge in [-0.25, -0.2) is 22.2 Å². The number of halogens is 3. The van der Waals surface area contributed by atoms with Crippen LogP contribution >= 0.6 is 27.3 Å². The minimum atomic E-state index is -3.54. The number of sulfone groups is 1. The van der Waals surface area contributed by atoms with Gasteiger partial charge in [0.2, 0.25) is 0 Å². The Balaban J connectivity index is 1.43. The number of thiazole rings is 1. The summed E-state index contributed by atoms with van der Waals surface area (Å²) < 4.78 is 59.0. The molecule has 1 aromatic heterocycles. The Morgan fingerprint density at radius 2 is 1.91 bits per heavy atom. The molecular weight excluding hydrogens is 522 g/mol. The molecule has 0 unspecified atom stereocenters. The molecular formula is C22H21BrF2N2O3S2. The number of aromatic nitrogens is 1. The molecule has 0 atom stereocenters. The number of benzene rings is 2. The fourth-order valence-electron chi connectivity index (χ4n) is 3.79. The zero-order chi connectivity index (χ0) is 22.9. The van der Waals surface area contributed by atoms with Gasteiger partial charge in [-0.1, -0.05) is 22.0 Å². The molecule has 1 fully saturated rings. The van der Waals surface area contributed by atoms with Crippen LogP contribution in [0, 0.1) is 11.6 Å². The van der Waals surface area contributed by atoms with Crippen molar-refractivity contribution in [2.75, 3.05) is 25.1 Å². The van der Waals surface area contributed by atoms with Crippen LogP contribution in [-0.2, 0) is 16.3 Å². The summed E-state index contributed by atoms with van der Waals surface area (Å²) in [4.78, 5) is 6.90. The average molecular weight is 543 g/mol. The van der Waals surface area contributed by atoms with E-state index < -0.39 is 26.7 Å². The maximum Gasteiger partial charge on any atom is 0.185 e. The molecule has 0 saturated carbocycles. The molecule has 1 aliphatic rings. The summed E-state index contributed by atoms with van der Waals surface area (Å²) in [6.07, 6.45) is 1.37. The molecule has 0 amide bonds. The van der Waals surface area contributed by atoms with Gasteiger partial charge in [-0.2, -0.15) is 0 Å². The van der Waals surface area contributed by atoms with Gasteiger partial charge in [-0.05, 0) is 48.7 Å². The third-order valence-corrected chi connectivity index (χ3v) is 9.22. The first kappa shape index (κ1) is 23.1. The van der Waals surface area contributed by atoms with E-state index >= 15 is 0 Å². The number of piperidine rings is 1. The number of anilines is 1. The Hall–Kier alpha value is -2.04. The average Bonchev–Trinajstić information content (AvgIpc) is 3.25. The monoisotopic (exact) mass is 542 g/mol. The van der Waals surface area contributed by atoms with Gasteiger partial charge in [-0.3, -0.25) is 0 Å². The lowest BCUT2D eigenvalue weighted by atomic mass is 10.1. The highest BCUT2D eigenvalue weighted by Gasteiger charge is 2.34. The predicted octanol–water partition coefficient (Wildman–Crippen LogP) is 5.23. The second-order valence-electron chi connectivity index (χ2n) is 7.57. The molecule has 4 rings (SSSR count). The molecule has 0 spiro atoms. The molecule has 10 heteroatoms. The second kappa shape index (κ2) is 9.44. The summed E-state index contributed by atoms with van der Waals surface area (Å²) in [5, 5.41) is 2.20. The maximum absolute atomic E-state index is 13.4. The second-order valence-corrected chi connectivity index (χ2v) is 11.5. The normalized spacial score (nSPS) is 15.2. The quantitative estimate of drug-likeness (QED) is 0.427. The van der Waals surface area contributed by atoms with Crippen LogP contribution < -0.4 is 9.64 Å². The molecule has 0 radical (unpaired) electrons. The Kier molecular flexibility index (Phi) is 6.83. The standard InChI is InChI=1S/C22H21BrF2N2O3S2/c1-30-20-5-3-15(23)12-21(20)32(28,29)17-6-8-27(9-7-17)22-26-16(13-31-22)10-14-2-4-18(24)19(25)11-14/h2-5,11-13,17H,6-10H2,1H3. The van der Waals surface area contributed by atoms with E-state index in [0.717, 1.165) is 16.9 Å². The smallest absolute Gasteiger partial charge is 0.185 e. The summed E-state index contributed by atoms with van der Waals surface area (Å²) in [7, 11) is -2.08. The van der Waals surface area contributed by atoms with Crippen LogP contribution in [0.25, 0.3) is 0 Å². The SMILES string of the molecule is COc1ccc(Br)cc1S(=O)(=O)C1CCN(c2nc(Cc3ccc(F)c(F)c3)cs2)CC1. The minimum Gasteiger partial charge on any atom is -0.495 e. The van der Waals surface area contributed by atoms with Crippen molar-refractivity contribution in [2.45, 2.75) is 29.4 Å². The molecule has 1 aliphatic heterocycles. The molecule has 32 heavy (non-hydrogen) atoms. The van der Waals surface area contributed by atoms with Crippen LogP contribution in [0.3, 0.4) is 0 Å². The summed E-state index contributed by atoms with van der Waals surface area (Å²) in [5.74, 6) is -1.40. The van der Waals surface area contributed by atoms with Gasteiger partial charge < -0.3 is 9.64 Å². The summed E-state index contributed by atoms with van der Waals surface area (Å²) in [6, 6.07) is 8.83. The van der Waals surface area contributed by atoms with Gasteiger partial charge in [-0.15, -0.1) is 11.3 Å². The highest BCUT2D eigenvalue weighted by molar-refractivity contribution is 9.10. The molecule has 1 saturated heterocycles. The van der Waals surface area contributed by atoms with Gasteiger partial charge in [0.15, 0.2) is 26.6 Å². The lowest BCUT2D eigenvalue weighted by Gasteiger charge is -2.31. The molecule has 2 heterocycles. The fourth-order valence-corrected chi connectivity index (χ4v) is 7.10. The van der Waals surface area contributed by atoms with E-state index in [2.05, 4.69) is 25.8 Å².